The molecule has 0 bridgehead atoms. The van der Waals surface area contributed by atoms with E-state index in [-0.39, 0.29) is 11.4 Å². The van der Waals surface area contributed by atoms with E-state index < -0.39 is 28.9 Å². The Morgan fingerprint density at radius 3 is 2.32 bits per heavy atom. The van der Waals surface area contributed by atoms with Gasteiger partial charge in [0, 0.05) is 0 Å². The van der Waals surface area contributed by atoms with Gasteiger partial charge >= 0.3 is 0 Å². The standard InChI is InChI=1S/C13H9F3N2O/c14-7-4-5-10(17)11(6-7)18-13(19)12-8(15)2-1-3-9(12)16/h1-6H,17H2,(H,18,19). The second kappa shape index (κ2) is 5.01. The minimum Gasteiger partial charge on any atom is -0.397 e. The summed E-state index contributed by atoms with van der Waals surface area (Å²) in [5.74, 6) is -3.67. The number of nitrogens with one attached hydrogen (secondary N) is 1. The monoisotopic (exact) mass is 266 g/mol. The molecule has 2 aromatic rings. The van der Waals surface area contributed by atoms with Crippen LogP contribution in [0.3, 0.4) is 0 Å². The Kier molecular flexibility index (Phi) is 3.41. The minimum absolute atomic E-state index is 0.0485. The highest BCUT2D eigenvalue weighted by Gasteiger charge is 2.17. The van der Waals surface area contributed by atoms with Crippen molar-refractivity contribution >= 4 is 17.3 Å². The summed E-state index contributed by atoms with van der Waals surface area (Å²) in [5, 5.41) is 2.17. The van der Waals surface area contributed by atoms with Crippen molar-refractivity contribution < 1.29 is 18.0 Å². The van der Waals surface area contributed by atoms with Crippen LogP contribution >= 0.6 is 0 Å². The number of nitrogen functional groups attached to an aromatic ring is 1. The number of hydrogen-bond acceptors (Lipinski definition) is 2. The fraction of sp³-hybridized carbons (Fsp3) is 0. The van der Waals surface area contributed by atoms with Gasteiger partial charge < -0.3 is 11.1 Å². The van der Waals surface area contributed by atoms with Crippen molar-refractivity contribution in [2.24, 2.45) is 0 Å². The smallest absolute Gasteiger partial charge is 0.261 e. The summed E-state index contributed by atoms with van der Waals surface area (Å²) in [6, 6.07) is 6.35. The third kappa shape index (κ3) is 2.67. The third-order valence-corrected chi connectivity index (χ3v) is 2.45. The number of carbonyl (C=O) groups excluding carboxylic acids is 1. The van der Waals surface area contributed by atoms with Crippen LogP contribution in [0.4, 0.5) is 24.5 Å². The fourth-order valence-electron chi connectivity index (χ4n) is 1.54. The predicted octanol–water partition coefficient (Wildman–Crippen LogP) is 2.94. The molecule has 0 saturated heterocycles. The van der Waals surface area contributed by atoms with E-state index in [2.05, 4.69) is 5.32 Å². The number of benzene rings is 2. The second-order valence-corrected chi connectivity index (χ2v) is 3.78. The number of anilines is 2. The summed E-state index contributed by atoms with van der Waals surface area (Å²) in [4.78, 5) is 11.8. The van der Waals surface area contributed by atoms with Crippen LogP contribution in [0.1, 0.15) is 10.4 Å². The van der Waals surface area contributed by atoms with Gasteiger partial charge in [0.2, 0.25) is 0 Å². The Hall–Kier alpha value is -2.50. The van der Waals surface area contributed by atoms with Crippen molar-refractivity contribution in [3.63, 3.8) is 0 Å². The molecule has 6 heteroatoms. The molecule has 0 aliphatic carbocycles. The highest BCUT2D eigenvalue weighted by Crippen LogP contribution is 2.21. The van der Waals surface area contributed by atoms with Crippen LogP contribution in [0, 0.1) is 17.5 Å². The Labute approximate surface area is 106 Å². The van der Waals surface area contributed by atoms with Gasteiger partial charge in [0.25, 0.3) is 5.91 Å². The molecular formula is C13H9F3N2O. The van der Waals surface area contributed by atoms with Crippen LogP contribution in [0.15, 0.2) is 36.4 Å². The van der Waals surface area contributed by atoms with E-state index in [1.165, 1.54) is 6.07 Å². The molecule has 1 amide bonds. The first kappa shape index (κ1) is 12.9. The molecule has 0 unspecified atom stereocenters. The molecule has 0 aliphatic heterocycles. The van der Waals surface area contributed by atoms with Crippen LogP contribution in [0.2, 0.25) is 0 Å². The first-order chi connectivity index (χ1) is 8.99. The van der Waals surface area contributed by atoms with E-state index in [0.717, 1.165) is 30.3 Å². The molecule has 0 heterocycles. The topological polar surface area (TPSA) is 55.1 Å². The van der Waals surface area contributed by atoms with Crippen molar-refractivity contribution in [1.82, 2.24) is 0 Å². The van der Waals surface area contributed by atoms with Gasteiger partial charge in [-0.1, -0.05) is 6.07 Å². The molecule has 0 radical (unpaired) electrons. The van der Waals surface area contributed by atoms with Crippen LogP contribution in [0.25, 0.3) is 0 Å². The molecule has 0 saturated carbocycles. The molecule has 0 fully saturated rings. The maximum absolute atomic E-state index is 13.4. The van der Waals surface area contributed by atoms with Crippen LogP contribution in [0.5, 0.6) is 0 Å². The normalized spacial score (nSPS) is 10.3. The lowest BCUT2D eigenvalue weighted by atomic mass is 10.1. The lowest BCUT2D eigenvalue weighted by molar-refractivity contribution is 0.101. The number of amides is 1. The van der Waals surface area contributed by atoms with Gasteiger partial charge in [0.05, 0.1) is 11.4 Å². The quantitative estimate of drug-likeness (QED) is 0.821. The Balaban J connectivity index is 2.34. The maximum Gasteiger partial charge on any atom is 0.261 e. The number of rotatable bonds is 2. The van der Waals surface area contributed by atoms with Crippen LogP contribution in [-0.4, -0.2) is 5.91 Å². The molecule has 0 atom stereocenters. The lowest BCUT2D eigenvalue weighted by Crippen LogP contribution is -2.16. The zero-order chi connectivity index (χ0) is 14.0. The van der Waals surface area contributed by atoms with Gasteiger partial charge in [0.15, 0.2) is 0 Å². The largest absolute Gasteiger partial charge is 0.397 e. The van der Waals surface area contributed by atoms with E-state index in [1.54, 1.807) is 0 Å². The van der Waals surface area contributed by atoms with E-state index in [1.807, 2.05) is 0 Å². The highest BCUT2D eigenvalue weighted by atomic mass is 19.1. The van der Waals surface area contributed by atoms with Crippen LogP contribution < -0.4 is 11.1 Å². The number of nitrogens with two attached hydrogens (primary N) is 1. The van der Waals surface area contributed by atoms with E-state index in [9.17, 15) is 18.0 Å². The van der Waals surface area contributed by atoms with Gasteiger partial charge in [-0.3, -0.25) is 4.79 Å². The zero-order valence-electron chi connectivity index (χ0n) is 9.58. The Morgan fingerprint density at radius 1 is 1.05 bits per heavy atom. The summed E-state index contributed by atoms with van der Waals surface area (Å²) in [5.41, 5.74) is 4.82. The van der Waals surface area contributed by atoms with Crippen LogP contribution in [-0.2, 0) is 0 Å². The molecule has 3 nitrogen and oxygen atoms in total. The maximum atomic E-state index is 13.4. The zero-order valence-corrected chi connectivity index (χ0v) is 9.58. The highest BCUT2D eigenvalue weighted by molar-refractivity contribution is 6.06. The molecular weight excluding hydrogens is 257 g/mol. The van der Waals surface area contributed by atoms with Gasteiger partial charge in [0.1, 0.15) is 23.0 Å². The third-order valence-electron chi connectivity index (χ3n) is 2.45. The van der Waals surface area contributed by atoms with Gasteiger partial charge in [-0.15, -0.1) is 0 Å². The van der Waals surface area contributed by atoms with Crippen molar-refractivity contribution in [2.75, 3.05) is 11.1 Å². The summed E-state index contributed by atoms with van der Waals surface area (Å²) < 4.78 is 39.8. The van der Waals surface area contributed by atoms with E-state index in [0.29, 0.717) is 0 Å². The minimum atomic E-state index is -1.03. The molecule has 2 aromatic carbocycles. The second-order valence-electron chi connectivity index (χ2n) is 3.78. The van der Waals surface area contributed by atoms with Crippen molar-refractivity contribution in [1.29, 1.82) is 0 Å². The predicted molar refractivity (Wildman–Crippen MR) is 65.1 cm³/mol. The first-order valence-corrected chi connectivity index (χ1v) is 5.29. The molecule has 98 valence electrons. The number of halogens is 3. The van der Waals surface area contributed by atoms with Gasteiger partial charge in [-0.25, -0.2) is 13.2 Å². The molecule has 3 N–H and O–H groups in total. The summed E-state index contributed by atoms with van der Waals surface area (Å²) in [6.07, 6.45) is 0. The summed E-state index contributed by atoms with van der Waals surface area (Å²) in [7, 11) is 0. The Bertz CT molecular complexity index is 624. The molecule has 0 spiro atoms. The fourth-order valence-corrected chi connectivity index (χ4v) is 1.54. The molecule has 2 rings (SSSR count). The van der Waals surface area contributed by atoms with Gasteiger partial charge in [-0.2, -0.15) is 0 Å². The lowest BCUT2D eigenvalue weighted by Gasteiger charge is -2.09. The Morgan fingerprint density at radius 2 is 1.68 bits per heavy atom. The average molecular weight is 266 g/mol. The van der Waals surface area contributed by atoms with Crippen molar-refractivity contribution in [3.8, 4) is 0 Å². The summed E-state index contributed by atoms with van der Waals surface area (Å²) in [6.45, 7) is 0. The SMILES string of the molecule is Nc1ccc(F)cc1NC(=O)c1c(F)cccc1F. The molecule has 0 aliphatic rings. The molecule has 19 heavy (non-hydrogen) atoms. The van der Waals surface area contributed by atoms with E-state index >= 15 is 0 Å². The van der Waals surface area contributed by atoms with Crippen molar-refractivity contribution in [2.45, 2.75) is 0 Å². The number of hydrogen-bond donors (Lipinski definition) is 2. The average Bonchev–Trinajstić information content (AvgIpc) is 2.33. The van der Waals surface area contributed by atoms with Gasteiger partial charge in [-0.05, 0) is 30.3 Å². The first-order valence-electron chi connectivity index (χ1n) is 5.29. The number of carbonyl (C=O) groups is 1. The van der Waals surface area contributed by atoms with Crippen molar-refractivity contribution in [3.05, 3.63) is 59.4 Å². The van der Waals surface area contributed by atoms with E-state index in [4.69, 9.17) is 5.73 Å². The summed E-state index contributed by atoms with van der Waals surface area (Å²) >= 11 is 0. The molecule has 0 aromatic heterocycles.